The predicted octanol–water partition coefficient (Wildman–Crippen LogP) is 2.63. The van der Waals surface area contributed by atoms with E-state index in [-0.39, 0.29) is 16.7 Å². The number of nitrogens with zero attached hydrogens (tertiary/aromatic N) is 2. The third kappa shape index (κ3) is 4.65. The van der Waals surface area contributed by atoms with Gasteiger partial charge in [-0.2, -0.15) is 0 Å². The van der Waals surface area contributed by atoms with Crippen LogP contribution in [0.1, 0.15) is 30.9 Å². The van der Waals surface area contributed by atoms with Crippen LogP contribution >= 0.6 is 0 Å². The number of likely N-dealkylation sites (tertiary alicyclic amines) is 1. The number of amides is 2. The maximum absolute atomic E-state index is 13.2. The average molecular weight is 416 g/mol. The van der Waals surface area contributed by atoms with Crippen molar-refractivity contribution in [1.29, 1.82) is 0 Å². The summed E-state index contributed by atoms with van der Waals surface area (Å²) >= 11 is 0. The molecule has 1 atom stereocenters. The molecule has 1 aliphatic heterocycles. The topological polar surface area (TPSA) is 86.8 Å². The Bertz CT molecular complexity index is 990. The second-order valence-electron chi connectivity index (χ2n) is 7.16. The molecule has 0 aromatic heterocycles. The molecule has 154 valence electrons. The summed E-state index contributed by atoms with van der Waals surface area (Å²) in [5.41, 5.74) is 1.08. The third-order valence-electron chi connectivity index (χ3n) is 4.92. The first kappa shape index (κ1) is 21.0. The van der Waals surface area contributed by atoms with Gasteiger partial charge in [-0.05, 0) is 36.6 Å². The molecular formula is C21H25N3O4S. The molecule has 1 aliphatic rings. The minimum absolute atomic E-state index is 0.0517. The number of anilines is 1. The van der Waals surface area contributed by atoms with E-state index < -0.39 is 16.1 Å². The van der Waals surface area contributed by atoms with Gasteiger partial charge in [0.2, 0.25) is 15.9 Å². The molecule has 2 amide bonds. The first-order chi connectivity index (χ1) is 13.8. The summed E-state index contributed by atoms with van der Waals surface area (Å²) < 4.78 is 25.9. The highest BCUT2D eigenvalue weighted by atomic mass is 32.2. The second kappa shape index (κ2) is 8.75. The predicted molar refractivity (Wildman–Crippen MR) is 111 cm³/mol. The van der Waals surface area contributed by atoms with Crippen LogP contribution in [0.5, 0.6) is 0 Å². The molecule has 2 aromatic rings. The zero-order chi connectivity index (χ0) is 21.0. The number of hydrogen-bond acceptors (Lipinski definition) is 4. The summed E-state index contributed by atoms with van der Waals surface area (Å²) in [5, 5.41) is 2.79. The van der Waals surface area contributed by atoms with Crippen molar-refractivity contribution in [2.45, 2.75) is 30.2 Å². The van der Waals surface area contributed by atoms with E-state index in [0.717, 1.165) is 22.7 Å². The molecule has 2 aromatic carbocycles. The Morgan fingerprint density at radius 2 is 1.79 bits per heavy atom. The summed E-state index contributed by atoms with van der Waals surface area (Å²) in [4.78, 5) is 27.4. The second-order valence-corrected chi connectivity index (χ2v) is 9.31. The lowest BCUT2D eigenvalue weighted by Gasteiger charge is -2.34. The first-order valence-corrected chi connectivity index (χ1v) is 10.9. The molecule has 0 spiro atoms. The van der Waals surface area contributed by atoms with Gasteiger partial charge >= 0.3 is 0 Å². The molecule has 1 N–H and O–H groups in total. The van der Waals surface area contributed by atoms with E-state index in [1.54, 1.807) is 17.0 Å². The molecule has 29 heavy (non-hydrogen) atoms. The minimum Gasteiger partial charge on any atom is -0.327 e. The van der Waals surface area contributed by atoms with Crippen molar-refractivity contribution in [2.75, 3.05) is 26.0 Å². The molecule has 8 heteroatoms. The normalized spacial score (nSPS) is 16.0. The Hall–Kier alpha value is -2.71. The minimum atomic E-state index is -3.62. The van der Waals surface area contributed by atoms with Crippen molar-refractivity contribution in [3.05, 3.63) is 60.2 Å². The van der Waals surface area contributed by atoms with E-state index in [1.807, 2.05) is 30.3 Å². The van der Waals surface area contributed by atoms with Gasteiger partial charge in [0.25, 0.3) is 5.91 Å². The lowest BCUT2D eigenvalue weighted by molar-refractivity contribution is -0.141. The molecule has 1 unspecified atom stereocenters. The Kier molecular flexibility index (Phi) is 6.34. The van der Waals surface area contributed by atoms with Crippen LogP contribution in [0.3, 0.4) is 0 Å². The Balaban J connectivity index is 1.91. The van der Waals surface area contributed by atoms with Gasteiger partial charge in [0.05, 0.1) is 4.90 Å². The lowest BCUT2D eigenvalue weighted by Crippen LogP contribution is -2.43. The first-order valence-electron chi connectivity index (χ1n) is 9.48. The monoisotopic (exact) mass is 415 g/mol. The molecule has 3 rings (SSSR count). The summed E-state index contributed by atoms with van der Waals surface area (Å²) in [5.74, 6) is -0.421. The number of benzene rings is 2. The van der Waals surface area contributed by atoms with Gasteiger partial charge in [-0.15, -0.1) is 0 Å². The fraction of sp³-hybridized carbons (Fsp3) is 0.333. The average Bonchev–Trinajstić information content (AvgIpc) is 2.70. The number of hydrogen-bond donors (Lipinski definition) is 1. The van der Waals surface area contributed by atoms with Crippen LogP contribution in [0.15, 0.2) is 59.5 Å². The van der Waals surface area contributed by atoms with Crippen LogP contribution in [-0.2, 0) is 19.6 Å². The van der Waals surface area contributed by atoms with E-state index in [1.165, 1.54) is 26.2 Å². The lowest BCUT2D eigenvalue weighted by atomic mass is 10.0. The van der Waals surface area contributed by atoms with Crippen molar-refractivity contribution in [3.63, 3.8) is 0 Å². The van der Waals surface area contributed by atoms with Gasteiger partial charge in [0.1, 0.15) is 6.04 Å². The van der Waals surface area contributed by atoms with Crippen molar-refractivity contribution in [1.82, 2.24) is 9.21 Å². The van der Waals surface area contributed by atoms with Crippen LogP contribution in [-0.4, -0.2) is 50.1 Å². The summed E-state index contributed by atoms with van der Waals surface area (Å²) in [6, 6.07) is 14.5. The van der Waals surface area contributed by atoms with Crippen molar-refractivity contribution in [2.24, 2.45) is 0 Å². The van der Waals surface area contributed by atoms with Gasteiger partial charge < -0.3 is 10.2 Å². The maximum atomic E-state index is 13.2. The zero-order valence-corrected chi connectivity index (χ0v) is 17.4. The Morgan fingerprint density at radius 1 is 1.07 bits per heavy atom. The number of carbonyl (C=O) groups is 2. The quantitative estimate of drug-likeness (QED) is 0.786. The highest BCUT2D eigenvalue weighted by Crippen LogP contribution is 2.27. The van der Waals surface area contributed by atoms with Crippen LogP contribution in [0.25, 0.3) is 0 Å². The molecule has 1 saturated heterocycles. The highest BCUT2D eigenvalue weighted by Gasteiger charge is 2.32. The van der Waals surface area contributed by atoms with Gasteiger partial charge in [0.15, 0.2) is 0 Å². The molecular weight excluding hydrogens is 390 g/mol. The molecule has 1 fully saturated rings. The standard InChI is InChI=1S/C21H25N3O4S/c1-23(2)29(27,28)18-12-8-11-17(15-18)22-21(26)20(16-9-4-3-5-10-16)24-14-7-6-13-19(24)25/h3-5,8-12,15,20H,6-7,13-14H2,1-2H3,(H,22,26). The maximum Gasteiger partial charge on any atom is 0.251 e. The molecule has 0 bridgehead atoms. The zero-order valence-electron chi connectivity index (χ0n) is 16.5. The van der Waals surface area contributed by atoms with E-state index in [2.05, 4.69) is 5.32 Å². The summed E-state index contributed by atoms with van der Waals surface area (Å²) in [7, 11) is -0.715. The molecule has 1 heterocycles. The number of sulfonamides is 1. The number of piperidine rings is 1. The smallest absolute Gasteiger partial charge is 0.251 e. The van der Waals surface area contributed by atoms with E-state index in [9.17, 15) is 18.0 Å². The Morgan fingerprint density at radius 3 is 2.45 bits per heavy atom. The van der Waals surface area contributed by atoms with Crippen molar-refractivity contribution >= 4 is 27.5 Å². The molecule has 7 nitrogen and oxygen atoms in total. The van der Waals surface area contributed by atoms with Crippen LogP contribution < -0.4 is 5.32 Å². The van der Waals surface area contributed by atoms with E-state index >= 15 is 0 Å². The van der Waals surface area contributed by atoms with Gasteiger partial charge in [-0.1, -0.05) is 36.4 Å². The third-order valence-corrected chi connectivity index (χ3v) is 6.73. The molecule has 0 saturated carbocycles. The number of nitrogens with one attached hydrogen (secondary N) is 1. The van der Waals surface area contributed by atoms with Gasteiger partial charge in [0, 0.05) is 32.7 Å². The highest BCUT2D eigenvalue weighted by molar-refractivity contribution is 7.89. The Labute approximate surface area is 171 Å². The largest absolute Gasteiger partial charge is 0.327 e. The SMILES string of the molecule is CN(C)S(=O)(=O)c1cccc(NC(=O)C(c2ccccc2)N2CCCCC2=O)c1. The van der Waals surface area contributed by atoms with Crippen LogP contribution in [0.4, 0.5) is 5.69 Å². The van der Waals surface area contributed by atoms with E-state index in [4.69, 9.17) is 0 Å². The van der Waals surface area contributed by atoms with Gasteiger partial charge in [-0.3, -0.25) is 9.59 Å². The summed E-state index contributed by atoms with van der Waals surface area (Å²) in [6.45, 7) is 0.515. The molecule has 0 radical (unpaired) electrons. The fourth-order valence-electron chi connectivity index (χ4n) is 3.36. The summed E-state index contributed by atoms with van der Waals surface area (Å²) in [6.07, 6.45) is 2.09. The van der Waals surface area contributed by atoms with Crippen molar-refractivity contribution < 1.29 is 18.0 Å². The van der Waals surface area contributed by atoms with Crippen LogP contribution in [0.2, 0.25) is 0 Å². The van der Waals surface area contributed by atoms with Crippen LogP contribution in [0, 0.1) is 0 Å². The number of rotatable bonds is 6. The number of carbonyl (C=O) groups excluding carboxylic acids is 2. The van der Waals surface area contributed by atoms with Gasteiger partial charge in [-0.25, -0.2) is 12.7 Å². The van der Waals surface area contributed by atoms with E-state index in [0.29, 0.717) is 18.7 Å². The molecule has 0 aliphatic carbocycles. The van der Waals surface area contributed by atoms with Crippen molar-refractivity contribution in [3.8, 4) is 0 Å². The fourth-order valence-corrected chi connectivity index (χ4v) is 4.31.